The molecule has 0 radical (unpaired) electrons. The summed E-state index contributed by atoms with van der Waals surface area (Å²) in [4.78, 5) is 47.3. The average molecular weight is 446 g/mol. The highest BCUT2D eigenvalue weighted by atomic mass is 16.5. The predicted molar refractivity (Wildman–Crippen MR) is 117 cm³/mol. The number of benzene rings is 1. The minimum atomic E-state index is -0.345. The van der Waals surface area contributed by atoms with Crippen LogP contribution in [0.15, 0.2) is 18.2 Å². The molecular weight excluding hydrogens is 414 g/mol. The average Bonchev–Trinajstić information content (AvgIpc) is 3.52. The topological polar surface area (TPSA) is 125 Å². The van der Waals surface area contributed by atoms with E-state index in [1.165, 1.54) is 17.5 Å². The monoisotopic (exact) mass is 445 g/mol. The number of anilines is 1. The first-order valence-corrected chi connectivity index (χ1v) is 11.2. The van der Waals surface area contributed by atoms with E-state index in [9.17, 15) is 14.4 Å². The van der Waals surface area contributed by atoms with Gasteiger partial charge in [-0.05, 0) is 55.4 Å². The van der Waals surface area contributed by atoms with Gasteiger partial charge < -0.3 is 25.4 Å². The van der Waals surface area contributed by atoms with Crippen molar-refractivity contribution in [2.75, 3.05) is 31.6 Å². The van der Waals surface area contributed by atoms with Crippen LogP contribution in [0, 0.1) is 5.92 Å². The van der Waals surface area contributed by atoms with Gasteiger partial charge in [0.15, 0.2) is 0 Å². The van der Waals surface area contributed by atoms with Crippen molar-refractivity contribution < 1.29 is 29.0 Å². The molecule has 1 atom stereocenters. The third kappa shape index (κ3) is 7.05. The first-order chi connectivity index (χ1) is 15.5. The molecule has 0 bridgehead atoms. The Balaban J connectivity index is 0.000000913. The number of carbonyl (C=O) groups excluding carboxylic acids is 3. The van der Waals surface area contributed by atoms with Gasteiger partial charge in [-0.1, -0.05) is 6.07 Å². The lowest BCUT2D eigenvalue weighted by atomic mass is 10.1. The molecule has 1 saturated carbocycles. The number of carbonyl (C=O) groups is 4. The van der Waals surface area contributed by atoms with Crippen LogP contribution in [0.1, 0.15) is 43.2 Å². The summed E-state index contributed by atoms with van der Waals surface area (Å²) in [6.45, 7) is 1.31. The van der Waals surface area contributed by atoms with Gasteiger partial charge in [-0.25, -0.2) is 0 Å². The Morgan fingerprint density at radius 3 is 2.66 bits per heavy atom. The van der Waals surface area contributed by atoms with Crippen molar-refractivity contribution in [3.05, 3.63) is 29.3 Å². The summed E-state index contributed by atoms with van der Waals surface area (Å²) < 4.78 is 5.52. The van der Waals surface area contributed by atoms with Gasteiger partial charge in [0.25, 0.3) is 6.47 Å². The zero-order valence-corrected chi connectivity index (χ0v) is 18.2. The number of nitrogens with one attached hydrogen (secondary N) is 2. The van der Waals surface area contributed by atoms with Gasteiger partial charge in [-0.2, -0.15) is 0 Å². The molecule has 1 saturated heterocycles. The Morgan fingerprint density at radius 2 is 1.91 bits per heavy atom. The van der Waals surface area contributed by atoms with Crippen molar-refractivity contribution in [2.45, 2.75) is 51.0 Å². The minimum absolute atomic E-state index is 0.0402. The molecule has 32 heavy (non-hydrogen) atoms. The highest BCUT2D eigenvalue weighted by molar-refractivity contribution is 5.93. The fourth-order valence-electron chi connectivity index (χ4n) is 3.99. The van der Waals surface area contributed by atoms with Crippen LogP contribution in [0.25, 0.3) is 0 Å². The maximum Gasteiger partial charge on any atom is 0.290 e. The number of hydrogen-bond acceptors (Lipinski definition) is 5. The highest BCUT2D eigenvalue weighted by Crippen LogP contribution is 2.25. The number of carboxylic acid groups (broad SMARTS) is 1. The number of nitrogens with zero attached hydrogens (tertiary/aromatic N) is 1. The third-order valence-corrected chi connectivity index (χ3v) is 5.86. The molecule has 2 fully saturated rings. The summed E-state index contributed by atoms with van der Waals surface area (Å²) in [6.07, 6.45) is 5.66. The predicted octanol–water partition coefficient (Wildman–Crippen LogP) is 1.35. The van der Waals surface area contributed by atoms with E-state index in [2.05, 4.69) is 16.7 Å². The van der Waals surface area contributed by atoms with E-state index in [1.807, 2.05) is 12.1 Å². The second-order valence-electron chi connectivity index (χ2n) is 8.39. The van der Waals surface area contributed by atoms with Crippen LogP contribution in [-0.2, 0) is 36.8 Å². The molecule has 3 aliphatic rings. The van der Waals surface area contributed by atoms with E-state index < -0.39 is 0 Å². The Labute approximate surface area is 187 Å². The molecule has 1 unspecified atom stereocenters. The molecule has 1 aromatic carbocycles. The van der Waals surface area contributed by atoms with Gasteiger partial charge in [0, 0.05) is 37.7 Å². The Morgan fingerprint density at radius 1 is 1.16 bits per heavy atom. The number of amides is 3. The summed E-state index contributed by atoms with van der Waals surface area (Å²) in [7, 11) is 0. The van der Waals surface area contributed by atoms with E-state index in [4.69, 9.17) is 14.6 Å². The summed E-state index contributed by atoms with van der Waals surface area (Å²) in [5, 5.41) is 12.8. The Bertz CT molecular complexity index is 839. The summed E-state index contributed by atoms with van der Waals surface area (Å²) in [5.41, 5.74) is 3.46. The van der Waals surface area contributed by atoms with Crippen LogP contribution in [0.3, 0.4) is 0 Å². The van der Waals surface area contributed by atoms with E-state index in [0.717, 1.165) is 31.4 Å². The van der Waals surface area contributed by atoms with Crippen LogP contribution in [0.5, 0.6) is 0 Å². The normalized spacial score (nSPS) is 19.6. The molecule has 9 heteroatoms. The zero-order chi connectivity index (χ0) is 22.9. The molecule has 1 aliphatic heterocycles. The van der Waals surface area contributed by atoms with E-state index >= 15 is 0 Å². The second-order valence-corrected chi connectivity index (χ2v) is 8.39. The molecule has 3 amide bonds. The highest BCUT2D eigenvalue weighted by Gasteiger charge is 2.31. The van der Waals surface area contributed by atoms with Crippen molar-refractivity contribution >= 4 is 29.9 Å². The quantitative estimate of drug-likeness (QED) is 0.568. The molecular formula is C23H31N3O6. The van der Waals surface area contributed by atoms with Crippen molar-refractivity contribution in [3.63, 3.8) is 0 Å². The van der Waals surface area contributed by atoms with Crippen LogP contribution >= 0.6 is 0 Å². The Hall–Kier alpha value is -2.94. The molecule has 1 heterocycles. The fourth-order valence-corrected chi connectivity index (χ4v) is 3.99. The van der Waals surface area contributed by atoms with Gasteiger partial charge in [0.1, 0.15) is 0 Å². The first-order valence-electron chi connectivity index (χ1n) is 11.2. The largest absolute Gasteiger partial charge is 0.483 e. The molecule has 1 aromatic rings. The van der Waals surface area contributed by atoms with Crippen LogP contribution in [0.2, 0.25) is 0 Å². The van der Waals surface area contributed by atoms with Crippen LogP contribution in [-0.4, -0.2) is 66.5 Å². The molecule has 0 spiro atoms. The summed E-state index contributed by atoms with van der Waals surface area (Å²) >= 11 is 0. The molecule has 4 rings (SSSR count). The smallest absolute Gasteiger partial charge is 0.290 e. The SMILES string of the molecule is O=C(CCC(=O)N1CCOCC(C(=O)NC2CC2)C1)Nc1ccc2c(c1)CCC2.O=CO. The number of ether oxygens (including phenoxy) is 1. The molecule has 3 N–H and O–H groups in total. The van der Waals surface area contributed by atoms with E-state index in [0.29, 0.717) is 26.3 Å². The van der Waals surface area contributed by atoms with Crippen molar-refractivity contribution in [1.82, 2.24) is 10.2 Å². The lowest BCUT2D eigenvalue weighted by Crippen LogP contribution is -2.42. The number of rotatable bonds is 6. The van der Waals surface area contributed by atoms with Crippen LogP contribution in [0.4, 0.5) is 5.69 Å². The van der Waals surface area contributed by atoms with Gasteiger partial charge in [-0.3, -0.25) is 19.2 Å². The molecule has 0 aromatic heterocycles. The van der Waals surface area contributed by atoms with E-state index in [-0.39, 0.29) is 49.0 Å². The maximum atomic E-state index is 12.6. The van der Waals surface area contributed by atoms with Gasteiger partial charge >= 0.3 is 0 Å². The molecule has 174 valence electrons. The standard InChI is InChI=1S/C22H29N3O4.CH2O2/c26-20(23-19-5-4-15-2-1-3-16(15)12-19)8-9-21(27)25-10-11-29-14-17(13-25)22(28)24-18-6-7-18;2-1-3/h4-5,12,17-18H,1-3,6-11,13-14H2,(H,23,26)(H,24,28);1H,(H,2,3). The van der Waals surface area contributed by atoms with Crippen molar-refractivity contribution in [2.24, 2.45) is 5.92 Å². The number of hydrogen-bond donors (Lipinski definition) is 3. The number of fused-ring (bicyclic) bond motifs is 1. The zero-order valence-electron chi connectivity index (χ0n) is 18.2. The fraction of sp³-hybridized carbons (Fsp3) is 0.565. The molecule has 9 nitrogen and oxygen atoms in total. The van der Waals surface area contributed by atoms with Gasteiger partial charge in [0.05, 0.1) is 19.1 Å². The lowest BCUT2D eigenvalue weighted by molar-refractivity contribution is -0.134. The molecule has 2 aliphatic carbocycles. The van der Waals surface area contributed by atoms with E-state index in [1.54, 1.807) is 4.90 Å². The Kier molecular flexibility index (Phi) is 8.61. The third-order valence-electron chi connectivity index (χ3n) is 5.86. The summed E-state index contributed by atoms with van der Waals surface area (Å²) in [5.74, 6) is -0.655. The van der Waals surface area contributed by atoms with Crippen molar-refractivity contribution in [3.8, 4) is 0 Å². The maximum absolute atomic E-state index is 12.6. The lowest BCUT2D eigenvalue weighted by Gasteiger charge is -2.23. The van der Waals surface area contributed by atoms with Gasteiger partial charge in [-0.15, -0.1) is 0 Å². The van der Waals surface area contributed by atoms with Gasteiger partial charge in [0.2, 0.25) is 17.7 Å². The van der Waals surface area contributed by atoms with Crippen LogP contribution < -0.4 is 10.6 Å². The first kappa shape index (κ1) is 23.7. The number of aryl methyl sites for hydroxylation is 2. The second kappa shape index (κ2) is 11.6. The van der Waals surface area contributed by atoms with Crippen molar-refractivity contribution in [1.29, 1.82) is 0 Å². The summed E-state index contributed by atoms with van der Waals surface area (Å²) in [6, 6.07) is 6.33. The minimum Gasteiger partial charge on any atom is -0.483 e.